The highest BCUT2D eigenvalue weighted by Crippen LogP contribution is 2.51. The number of carbonyl (C=O) groups excluding carboxylic acids is 1. The van der Waals surface area contributed by atoms with Crippen molar-refractivity contribution in [3.05, 3.63) is 54.2 Å². The molecule has 32 heavy (non-hydrogen) atoms. The highest BCUT2D eigenvalue weighted by atomic mass is 16.5. The molecule has 0 unspecified atom stereocenters. The van der Waals surface area contributed by atoms with Crippen molar-refractivity contribution >= 4 is 16.9 Å². The Hall–Kier alpha value is -3.19. The molecule has 3 fully saturated rings. The number of aromatic amines is 1. The largest absolute Gasteiger partial charge is 0.507 e. The van der Waals surface area contributed by atoms with Gasteiger partial charge in [0.1, 0.15) is 5.75 Å². The molecule has 7 nitrogen and oxygen atoms in total. The minimum absolute atomic E-state index is 0.0154. The molecule has 2 aliphatic heterocycles. The van der Waals surface area contributed by atoms with Crippen LogP contribution < -0.4 is 0 Å². The van der Waals surface area contributed by atoms with Crippen LogP contribution in [-0.4, -0.2) is 56.9 Å². The Morgan fingerprint density at radius 2 is 2.12 bits per heavy atom. The summed E-state index contributed by atoms with van der Waals surface area (Å²) in [5, 5.41) is 20.3. The van der Waals surface area contributed by atoms with E-state index >= 15 is 0 Å². The fourth-order valence-corrected chi connectivity index (χ4v) is 5.99. The van der Waals surface area contributed by atoms with Crippen molar-refractivity contribution in [2.45, 2.75) is 37.1 Å². The van der Waals surface area contributed by atoms with E-state index in [0.29, 0.717) is 23.8 Å². The van der Waals surface area contributed by atoms with Crippen LogP contribution in [0.4, 0.5) is 0 Å². The van der Waals surface area contributed by atoms with Crippen molar-refractivity contribution in [3.63, 3.8) is 0 Å². The second-order valence-corrected chi connectivity index (χ2v) is 9.15. The Balaban J connectivity index is 1.48. The summed E-state index contributed by atoms with van der Waals surface area (Å²) < 4.78 is 5.75. The van der Waals surface area contributed by atoms with E-state index in [-0.39, 0.29) is 29.5 Å². The van der Waals surface area contributed by atoms with Gasteiger partial charge in [0.2, 0.25) is 5.91 Å². The zero-order valence-electron chi connectivity index (χ0n) is 17.8. The summed E-state index contributed by atoms with van der Waals surface area (Å²) in [4.78, 5) is 17.9. The molecule has 7 heteroatoms. The number of phenolic OH excluding ortho intramolecular Hbond substituents is 1. The normalized spacial score (nSPS) is 26.8. The van der Waals surface area contributed by atoms with Crippen molar-refractivity contribution < 1.29 is 14.6 Å². The molecular formula is C25H26N4O3. The smallest absolute Gasteiger partial charge is 0.246 e. The number of aromatic nitrogens is 3. The third kappa shape index (κ3) is 2.88. The highest BCUT2D eigenvalue weighted by Gasteiger charge is 2.51. The summed E-state index contributed by atoms with van der Waals surface area (Å²) >= 11 is 0. The summed E-state index contributed by atoms with van der Waals surface area (Å²) in [6, 6.07) is 9.44. The van der Waals surface area contributed by atoms with Crippen LogP contribution in [0.1, 0.15) is 42.4 Å². The zero-order chi connectivity index (χ0) is 21.8. The maximum absolute atomic E-state index is 12.4. The van der Waals surface area contributed by atoms with Crippen LogP contribution in [0.2, 0.25) is 0 Å². The number of nitrogens with zero attached hydrogens (tertiary/aromatic N) is 3. The van der Waals surface area contributed by atoms with Gasteiger partial charge in [0.15, 0.2) is 5.65 Å². The fraction of sp³-hybridized carbons (Fsp3) is 0.400. The molecule has 1 aromatic carbocycles. The van der Waals surface area contributed by atoms with Crippen LogP contribution in [0.15, 0.2) is 43.0 Å². The minimum atomic E-state index is 0.0154. The van der Waals surface area contributed by atoms with Crippen LogP contribution in [0.25, 0.3) is 22.3 Å². The van der Waals surface area contributed by atoms with Crippen LogP contribution >= 0.6 is 0 Å². The van der Waals surface area contributed by atoms with E-state index < -0.39 is 0 Å². The number of amides is 1. The SMILES string of the molecule is C=CC(=O)N1C[C@H]2CC[C@@H](c3[nH]c4nnc(-c5ccccc5O)cc4c3[C@@H]3CCOC3)[C@H]21. The topological polar surface area (TPSA) is 91.3 Å². The number of hydrogen-bond donors (Lipinski definition) is 2. The van der Waals surface area contributed by atoms with Gasteiger partial charge in [0.25, 0.3) is 0 Å². The second-order valence-electron chi connectivity index (χ2n) is 9.15. The van der Waals surface area contributed by atoms with Gasteiger partial charge in [0, 0.05) is 47.7 Å². The lowest BCUT2D eigenvalue weighted by Gasteiger charge is -2.46. The molecule has 1 amide bonds. The number of carbonyl (C=O) groups is 1. The quantitative estimate of drug-likeness (QED) is 0.616. The van der Waals surface area contributed by atoms with Gasteiger partial charge in [-0.25, -0.2) is 0 Å². The molecule has 3 aliphatic rings. The van der Waals surface area contributed by atoms with E-state index in [0.717, 1.165) is 43.4 Å². The van der Waals surface area contributed by atoms with Crippen molar-refractivity contribution in [1.29, 1.82) is 0 Å². The lowest BCUT2D eigenvalue weighted by Crippen LogP contribution is -2.57. The van der Waals surface area contributed by atoms with Gasteiger partial charge < -0.3 is 19.7 Å². The van der Waals surface area contributed by atoms with Gasteiger partial charge in [-0.05, 0) is 55.0 Å². The molecule has 4 atom stereocenters. The highest BCUT2D eigenvalue weighted by molar-refractivity contribution is 5.89. The number of hydrogen-bond acceptors (Lipinski definition) is 5. The van der Waals surface area contributed by atoms with E-state index in [2.05, 4.69) is 21.8 Å². The van der Waals surface area contributed by atoms with Crippen molar-refractivity contribution in [2.75, 3.05) is 19.8 Å². The summed E-state index contributed by atoms with van der Waals surface area (Å²) in [5.74, 6) is 1.28. The number of rotatable bonds is 4. The molecule has 1 aliphatic carbocycles. The molecule has 1 saturated carbocycles. The number of benzene rings is 1. The minimum Gasteiger partial charge on any atom is -0.507 e. The summed E-state index contributed by atoms with van der Waals surface area (Å²) in [7, 11) is 0. The predicted molar refractivity (Wildman–Crippen MR) is 120 cm³/mol. The monoisotopic (exact) mass is 430 g/mol. The van der Waals surface area contributed by atoms with E-state index in [4.69, 9.17) is 4.74 Å². The van der Waals surface area contributed by atoms with Crippen molar-refractivity contribution in [3.8, 4) is 17.0 Å². The first kappa shape index (κ1) is 19.5. The Morgan fingerprint density at radius 1 is 1.25 bits per heavy atom. The van der Waals surface area contributed by atoms with Gasteiger partial charge in [-0.3, -0.25) is 4.79 Å². The number of ether oxygens (including phenoxy) is 1. The van der Waals surface area contributed by atoms with E-state index in [1.54, 1.807) is 12.1 Å². The maximum Gasteiger partial charge on any atom is 0.246 e. The van der Waals surface area contributed by atoms with Crippen LogP contribution in [0, 0.1) is 5.92 Å². The number of likely N-dealkylation sites (tertiary alicyclic amines) is 1. The third-order valence-corrected chi connectivity index (χ3v) is 7.51. The number of fused-ring (bicyclic) bond motifs is 2. The zero-order valence-corrected chi connectivity index (χ0v) is 17.8. The van der Waals surface area contributed by atoms with E-state index in [9.17, 15) is 9.90 Å². The van der Waals surface area contributed by atoms with Crippen LogP contribution in [0.3, 0.4) is 0 Å². The molecule has 2 N–H and O–H groups in total. The average Bonchev–Trinajstić information content (AvgIpc) is 3.51. The molecule has 0 radical (unpaired) electrons. The predicted octanol–water partition coefficient (Wildman–Crippen LogP) is 3.72. The molecule has 164 valence electrons. The Kier molecular flexibility index (Phi) is 4.54. The van der Waals surface area contributed by atoms with E-state index in [1.165, 1.54) is 17.3 Å². The lowest BCUT2D eigenvalue weighted by molar-refractivity contribution is -0.137. The fourth-order valence-electron chi connectivity index (χ4n) is 5.99. The maximum atomic E-state index is 12.4. The van der Waals surface area contributed by atoms with Gasteiger partial charge in [-0.2, -0.15) is 0 Å². The molecule has 6 rings (SSSR count). The molecule has 2 saturated heterocycles. The van der Waals surface area contributed by atoms with Gasteiger partial charge in [-0.15, -0.1) is 10.2 Å². The summed E-state index contributed by atoms with van der Waals surface area (Å²) in [6.45, 7) is 5.94. The Labute approximate surface area is 186 Å². The van der Waals surface area contributed by atoms with Gasteiger partial charge in [-0.1, -0.05) is 18.7 Å². The molecule has 3 aromatic rings. The van der Waals surface area contributed by atoms with Crippen molar-refractivity contribution in [1.82, 2.24) is 20.1 Å². The van der Waals surface area contributed by atoms with Crippen LogP contribution in [0.5, 0.6) is 5.75 Å². The number of aromatic hydroxyl groups is 1. The lowest BCUT2D eigenvalue weighted by atomic mass is 9.82. The molecular weight excluding hydrogens is 404 g/mol. The number of H-pyrrole nitrogens is 1. The van der Waals surface area contributed by atoms with Gasteiger partial charge >= 0.3 is 0 Å². The Morgan fingerprint density at radius 3 is 2.91 bits per heavy atom. The molecule has 0 bridgehead atoms. The first-order valence-electron chi connectivity index (χ1n) is 11.3. The number of nitrogens with one attached hydrogen (secondary N) is 1. The second kappa shape index (κ2) is 7.45. The molecule has 0 spiro atoms. The average molecular weight is 431 g/mol. The summed E-state index contributed by atoms with van der Waals surface area (Å²) in [6.07, 6.45) is 4.56. The Bertz CT molecular complexity index is 1210. The number of para-hydroxylation sites is 1. The van der Waals surface area contributed by atoms with Gasteiger partial charge in [0.05, 0.1) is 12.3 Å². The third-order valence-electron chi connectivity index (χ3n) is 7.51. The van der Waals surface area contributed by atoms with E-state index in [1.807, 2.05) is 23.1 Å². The molecule has 2 aromatic heterocycles. The summed E-state index contributed by atoms with van der Waals surface area (Å²) in [5.41, 5.74) is 4.49. The molecule has 4 heterocycles. The standard InChI is InChI=1S/C25H26N4O3/c1-2-21(31)29-12-14-7-8-17(24(14)29)23-22(15-9-10-32-13-15)18-11-19(27-28-25(18)26-23)16-5-3-4-6-20(16)30/h2-6,11,14-15,17,24,30H,1,7-10,12-13H2,(H,26,28)/t14-,15-,17+,24+/m1/s1. The van der Waals surface area contributed by atoms with Crippen molar-refractivity contribution in [2.24, 2.45) is 5.92 Å². The number of phenols is 1. The first-order valence-corrected chi connectivity index (χ1v) is 11.3. The van der Waals surface area contributed by atoms with Crippen LogP contribution in [-0.2, 0) is 9.53 Å². The first-order chi connectivity index (χ1) is 15.7.